The molecule has 0 spiro atoms. The molecule has 46 heavy (non-hydrogen) atoms. The van der Waals surface area contributed by atoms with Gasteiger partial charge in [0.1, 0.15) is 0 Å². The van der Waals surface area contributed by atoms with Crippen molar-refractivity contribution in [3.63, 3.8) is 0 Å². The van der Waals surface area contributed by atoms with Gasteiger partial charge in [-0.05, 0) is 83.8 Å². The van der Waals surface area contributed by atoms with E-state index in [9.17, 15) is 0 Å². The molecule has 0 bridgehead atoms. The first-order valence-corrected chi connectivity index (χ1v) is 16.2. The molecule has 0 saturated carbocycles. The Bertz CT molecular complexity index is 2480. The second-order valence-electron chi connectivity index (χ2n) is 11.5. The summed E-state index contributed by atoms with van der Waals surface area (Å²) < 4.78 is 2.36. The number of nitrogens with one attached hydrogen (secondary N) is 2. The summed E-state index contributed by atoms with van der Waals surface area (Å²) in [6, 6.07) is 39.3. The van der Waals surface area contributed by atoms with Crippen molar-refractivity contribution >= 4 is 66.7 Å². The number of nitrogens with zero attached hydrogens (tertiary/aromatic N) is 1. The standard InChI is InChI=1S/C42H31N3S/c1-3-5-6-11-31-26-37(43)42(46-31)32(4-2)27-16-20-30(21-17-27)45-40-15-10-8-13-34(40)35-22-18-29(25-41(35)45)28-19-23-39-36(24-28)33-12-7-9-14-38(33)44-39/h3-26,43-44H,2H2,1H3/b5-3-,11-6-,42-32-,43-37?. The molecule has 1 aliphatic rings. The maximum absolute atomic E-state index is 8.64. The first-order chi connectivity index (χ1) is 22.6. The molecule has 0 fully saturated rings. The lowest BCUT2D eigenvalue weighted by Gasteiger charge is -2.12. The number of para-hydroxylation sites is 2. The fourth-order valence-electron chi connectivity index (χ4n) is 6.54. The average molecular weight is 610 g/mol. The normalized spacial score (nSPS) is 14.9. The molecule has 2 N–H and O–H groups in total. The Morgan fingerprint density at radius 3 is 2.28 bits per heavy atom. The Balaban J connectivity index is 1.22. The summed E-state index contributed by atoms with van der Waals surface area (Å²) in [5.41, 5.74) is 10.7. The van der Waals surface area contributed by atoms with Crippen molar-refractivity contribution in [3.8, 4) is 16.8 Å². The number of hydrogen-bond donors (Lipinski definition) is 2. The molecule has 1 aliphatic heterocycles. The number of hydrogen-bond acceptors (Lipinski definition) is 2. The van der Waals surface area contributed by atoms with Crippen LogP contribution in [-0.4, -0.2) is 15.3 Å². The van der Waals surface area contributed by atoms with Crippen LogP contribution < -0.4 is 0 Å². The van der Waals surface area contributed by atoms with Crippen molar-refractivity contribution in [3.05, 3.63) is 168 Å². The Labute approximate surface area is 272 Å². The molecule has 0 atom stereocenters. The zero-order chi connectivity index (χ0) is 31.2. The third-order valence-corrected chi connectivity index (χ3v) is 9.85. The van der Waals surface area contributed by atoms with E-state index in [2.05, 4.69) is 125 Å². The Morgan fingerprint density at radius 2 is 1.46 bits per heavy atom. The molecule has 7 aromatic rings. The summed E-state index contributed by atoms with van der Waals surface area (Å²) in [7, 11) is 0. The van der Waals surface area contributed by atoms with Crippen molar-refractivity contribution < 1.29 is 0 Å². The predicted octanol–water partition coefficient (Wildman–Crippen LogP) is 11.8. The highest BCUT2D eigenvalue weighted by Crippen LogP contribution is 2.41. The molecule has 220 valence electrons. The molecule has 3 nitrogen and oxygen atoms in total. The van der Waals surface area contributed by atoms with Crippen LogP contribution in [0.3, 0.4) is 0 Å². The number of thioether (sulfide) groups is 1. The Kier molecular flexibility index (Phi) is 6.93. The largest absolute Gasteiger partial charge is 0.355 e. The van der Waals surface area contributed by atoms with Crippen molar-refractivity contribution in [1.29, 1.82) is 5.41 Å². The van der Waals surface area contributed by atoms with Crippen LogP contribution in [0.5, 0.6) is 0 Å². The molecule has 8 rings (SSSR count). The van der Waals surface area contributed by atoms with Gasteiger partial charge in [-0.25, -0.2) is 0 Å². The van der Waals surface area contributed by atoms with Crippen LogP contribution in [0.15, 0.2) is 162 Å². The van der Waals surface area contributed by atoms with E-state index < -0.39 is 0 Å². The number of fused-ring (bicyclic) bond motifs is 6. The zero-order valence-electron chi connectivity index (χ0n) is 25.4. The summed E-state index contributed by atoms with van der Waals surface area (Å²) in [4.78, 5) is 5.53. The highest BCUT2D eigenvalue weighted by Gasteiger charge is 2.20. The monoisotopic (exact) mass is 609 g/mol. The van der Waals surface area contributed by atoms with Crippen LogP contribution in [0.4, 0.5) is 0 Å². The smallest absolute Gasteiger partial charge is 0.0696 e. The summed E-state index contributed by atoms with van der Waals surface area (Å²) >= 11 is 1.62. The number of aromatic amines is 1. The van der Waals surface area contributed by atoms with Crippen LogP contribution in [0, 0.1) is 5.41 Å². The molecule has 0 amide bonds. The first-order valence-electron chi connectivity index (χ1n) is 15.4. The quantitative estimate of drug-likeness (QED) is 0.181. The van der Waals surface area contributed by atoms with Gasteiger partial charge in [0.15, 0.2) is 0 Å². The number of benzene rings is 5. The maximum Gasteiger partial charge on any atom is 0.0696 e. The zero-order valence-corrected chi connectivity index (χ0v) is 26.2. The minimum absolute atomic E-state index is 0.518. The van der Waals surface area contributed by atoms with Crippen molar-refractivity contribution in [1.82, 2.24) is 9.55 Å². The fraction of sp³-hybridized carbons (Fsp3) is 0.0238. The van der Waals surface area contributed by atoms with Gasteiger partial charge in [-0.1, -0.05) is 109 Å². The van der Waals surface area contributed by atoms with Crippen LogP contribution in [-0.2, 0) is 0 Å². The van der Waals surface area contributed by atoms with E-state index in [4.69, 9.17) is 5.41 Å². The lowest BCUT2D eigenvalue weighted by atomic mass is 10.0. The number of aromatic nitrogens is 2. The van der Waals surface area contributed by atoms with Crippen LogP contribution in [0.1, 0.15) is 12.5 Å². The minimum Gasteiger partial charge on any atom is -0.355 e. The topological polar surface area (TPSA) is 44.6 Å². The summed E-state index contributed by atoms with van der Waals surface area (Å²) in [5.74, 6) is 0. The van der Waals surface area contributed by atoms with Crippen molar-refractivity contribution in [2.24, 2.45) is 0 Å². The van der Waals surface area contributed by atoms with E-state index in [1.807, 2.05) is 43.4 Å². The molecular weight excluding hydrogens is 579 g/mol. The Morgan fingerprint density at radius 1 is 0.739 bits per heavy atom. The van der Waals surface area contributed by atoms with Gasteiger partial charge >= 0.3 is 0 Å². The van der Waals surface area contributed by atoms with E-state index in [0.717, 1.165) is 37.7 Å². The predicted molar refractivity (Wildman–Crippen MR) is 200 cm³/mol. The SMILES string of the molecule is C=C/C(=C1/SC(/C=C\C=C/C)=CC1=N)c1ccc(-n2c3ccccc3c3ccc(-c4ccc5[nH]c6ccccc6c5c4)cc32)cc1. The number of rotatable bonds is 6. The summed E-state index contributed by atoms with van der Waals surface area (Å²) in [5, 5.41) is 13.6. The van der Waals surface area contributed by atoms with Gasteiger partial charge in [-0.3, -0.25) is 5.41 Å². The highest BCUT2D eigenvalue weighted by molar-refractivity contribution is 8.08. The fourth-order valence-corrected chi connectivity index (χ4v) is 7.58. The Hall–Kier alpha value is -5.58. The van der Waals surface area contributed by atoms with Gasteiger partial charge in [0.05, 0.1) is 16.7 Å². The lowest BCUT2D eigenvalue weighted by Crippen LogP contribution is -1.96. The molecule has 0 unspecified atom stereocenters. The van der Waals surface area contributed by atoms with E-state index >= 15 is 0 Å². The molecule has 0 saturated heterocycles. The van der Waals surface area contributed by atoms with E-state index in [0.29, 0.717) is 5.71 Å². The van der Waals surface area contributed by atoms with Crippen LogP contribution in [0.2, 0.25) is 0 Å². The van der Waals surface area contributed by atoms with E-state index in [-0.39, 0.29) is 0 Å². The van der Waals surface area contributed by atoms with E-state index in [1.165, 1.54) is 43.7 Å². The minimum atomic E-state index is 0.518. The van der Waals surface area contributed by atoms with Gasteiger partial charge in [0.25, 0.3) is 0 Å². The first kappa shape index (κ1) is 27.9. The molecule has 2 aromatic heterocycles. The second kappa shape index (κ2) is 11.4. The van der Waals surface area contributed by atoms with Gasteiger partial charge in [0, 0.05) is 48.1 Å². The third kappa shape index (κ3) is 4.66. The number of allylic oxidation sites excluding steroid dienone is 8. The molecule has 5 aromatic carbocycles. The molecule has 3 heterocycles. The van der Waals surface area contributed by atoms with Crippen molar-refractivity contribution in [2.45, 2.75) is 6.92 Å². The van der Waals surface area contributed by atoms with E-state index in [1.54, 1.807) is 11.8 Å². The van der Waals surface area contributed by atoms with Gasteiger partial charge in [-0.2, -0.15) is 0 Å². The maximum atomic E-state index is 8.64. The average Bonchev–Trinajstić information content (AvgIpc) is 3.76. The van der Waals surface area contributed by atoms with Crippen LogP contribution in [0.25, 0.3) is 66.0 Å². The van der Waals surface area contributed by atoms with Gasteiger partial charge in [-0.15, -0.1) is 0 Å². The van der Waals surface area contributed by atoms with Gasteiger partial charge in [0.2, 0.25) is 0 Å². The molecule has 0 radical (unpaired) electrons. The van der Waals surface area contributed by atoms with Crippen LogP contribution >= 0.6 is 11.8 Å². The summed E-state index contributed by atoms with van der Waals surface area (Å²) in [6.07, 6.45) is 11.8. The third-order valence-electron chi connectivity index (χ3n) is 8.71. The highest BCUT2D eigenvalue weighted by atomic mass is 32.2. The summed E-state index contributed by atoms with van der Waals surface area (Å²) in [6.45, 7) is 6.11. The molecule has 4 heteroatoms. The molecular formula is C42H31N3S. The van der Waals surface area contributed by atoms with Crippen molar-refractivity contribution in [2.75, 3.05) is 0 Å². The second-order valence-corrected chi connectivity index (χ2v) is 12.5. The lowest BCUT2D eigenvalue weighted by molar-refractivity contribution is 1.18. The van der Waals surface area contributed by atoms with Gasteiger partial charge < -0.3 is 9.55 Å². The number of H-pyrrole nitrogens is 1. The molecule has 0 aliphatic carbocycles.